The Labute approximate surface area is 138 Å². The summed E-state index contributed by atoms with van der Waals surface area (Å²) < 4.78 is 0. The van der Waals surface area contributed by atoms with E-state index in [0.29, 0.717) is 6.42 Å². The highest BCUT2D eigenvalue weighted by molar-refractivity contribution is 5.84. The predicted molar refractivity (Wildman–Crippen MR) is 94.8 cm³/mol. The van der Waals surface area contributed by atoms with Crippen LogP contribution in [0.2, 0.25) is 0 Å². The van der Waals surface area contributed by atoms with E-state index >= 15 is 0 Å². The Kier molecular flexibility index (Phi) is 7.14. The van der Waals surface area contributed by atoms with Crippen LogP contribution in [0.3, 0.4) is 0 Å². The van der Waals surface area contributed by atoms with E-state index < -0.39 is 12.0 Å². The number of carbonyl (C=O) groups is 1. The van der Waals surface area contributed by atoms with Gasteiger partial charge in [-0.2, -0.15) is 0 Å². The number of nitrogens with one attached hydrogen (secondary N) is 2. The van der Waals surface area contributed by atoms with Crippen molar-refractivity contribution in [3.63, 3.8) is 0 Å². The Balaban J connectivity index is 1.81. The van der Waals surface area contributed by atoms with Crippen molar-refractivity contribution in [2.75, 3.05) is 6.54 Å². The molecule has 0 radical (unpaired) electrons. The number of hydrogen-bond donors (Lipinski definition) is 3. The molecule has 1 aromatic heterocycles. The molecule has 0 saturated carbocycles. The molecule has 1 aromatic carbocycles. The fraction of sp³-hybridized carbons (Fsp3) is 0.526. The number of fused-ring (bicyclic) bond motifs is 1. The van der Waals surface area contributed by atoms with Crippen molar-refractivity contribution in [2.45, 2.75) is 57.9 Å². The van der Waals surface area contributed by atoms with Crippen LogP contribution in [0, 0.1) is 0 Å². The first-order valence-corrected chi connectivity index (χ1v) is 8.73. The van der Waals surface area contributed by atoms with E-state index in [1.54, 1.807) is 0 Å². The molecule has 0 aliphatic heterocycles. The van der Waals surface area contributed by atoms with Gasteiger partial charge in [0.05, 0.1) is 0 Å². The van der Waals surface area contributed by atoms with Gasteiger partial charge in [-0.15, -0.1) is 0 Å². The van der Waals surface area contributed by atoms with E-state index in [-0.39, 0.29) is 0 Å². The first-order valence-electron chi connectivity index (χ1n) is 8.73. The van der Waals surface area contributed by atoms with E-state index in [4.69, 9.17) is 0 Å². The van der Waals surface area contributed by atoms with Crippen LogP contribution in [0.25, 0.3) is 10.9 Å². The highest BCUT2D eigenvalue weighted by atomic mass is 16.4. The topological polar surface area (TPSA) is 65.1 Å². The largest absolute Gasteiger partial charge is 0.480 e. The van der Waals surface area contributed by atoms with Crippen LogP contribution in [0.4, 0.5) is 0 Å². The lowest BCUT2D eigenvalue weighted by atomic mass is 10.0. The number of benzene rings is 1. The summed E-state index contributed by atoms with van der Waals surface area (Å²) in [6, 6.07) is 7.49. The van der Waals surface area contributed by atoms with Gasteiger partial charge in [0.1, 0.15) is 6.04 Å². The van der Waals surface area contributed by atoms with Gasteiger partial charge < -0.3 is 15.4 Å². The predicted octanol–water partition coefficient (Wildman–Crippen LogP) is 4.11. The third-order valence-electron chi connectivity index (χ3n) is 4.32. The number of carboxylic acid groups (broad SMARTS) is 1. The van der Waals surface area contributed by atoms with Crippen molar-refractivity contribution in [1.82, 2.24) is 10.3 Å². The minimum atomic E-state index is -0.777. The number of aromatic amines is 1. The van der Waals surface area contributed by atoms with Gasteiger partial charge in [-0.05, 0) is 24.6 Å². The smallest absolute Gasteiger partial charge is 0.321 e. The number of para-hydroxylation sites is 1. The second kappa shape index (κ2) is 9.36. The maximum Gasteiger partial charge on any atom is 0.321 e. The zero-order valence-electron chi connectivity index (χ0n) is 14.0. The number of aromatic nitrogens is 1. The summed E-state index contributed by atoms with van der Waals surface area (Å²) in [5.41, 5.74) is 2.12. The summed E-state index contributed by atoms with van der Waals surface area (Å²) in [5.74, 6) is -0.777. The fourth-order valence-electron chi connectivity index (χ4n) is 2.95. The Bertz CT molecular complexity index is 606. The maximum absolute atomic E-state index is 11.5. The van der Waals surface area contributed by atoms with Gasteiger partial charge in [-0.25, -0.2) is 0 Å². The molecule has 1 heterocycles. The zero-order chi connectivity index (χ0) is 16.5. The molecule has 0 unspecified atom stereocenters. The maximum atomic E-state index is 11.5. The van der Waals surface area contributed by atoms with Crippen LogP contribution in [0.15, 0.2) is 30.5 Å². The van der Waals surface area contributed by atoms with Crippen LogP contribution in [-0.4, -0.2) is 28.6 Å². The molecule has 0 bridgehead atoms. The quantitative estimate of drug-likeness (QED) is 0.546. The summed E-state index contributed by atoms with van der Waals surface area (Å²) in [5, 5.41) is 13.8. The number of carboxylic acids is 1. The second-order valence-electron chi connectivity index (χ2n) is 6.18. The molecule has 2 rings (SSSR count). The molecule has 126 valence electrons. The molecular weight excluding hydrogens is 288 g/mol. The monoisotopic (exact) mass is 316 g/mol. The van der Waals surface area contributed by atoms with Crippen LogP contribution in [0.1, 0.15) is 51.0 Å². The number of unbranched alkanes of at least 4 members (excludes halogenated alkanes) is 5. The zero-order valence-corrected chi connectivity index (χ0v) is 14.0. The lowest BCUT2D eigenvalue weighted by molar-refractivity contribution is -0.139. The third kappa shape index (κ3) is 5.39. The van der Waals surface area contributed by atoms with Crippen molar-refractivity contribution in [2.24, 2.45) is 0 Å². The van der Waals surface area contributed by atoms with Gasteiger partial charge in [0.15, 0.2) is 0 Å². The molecule has 4 heteroatoms. The lowest BCUT2D eigenvalue weighted by Gasteiger charge is -2.14. The molecule has 0 aliphatic rings. The van der Waals surface area contributed by atoms with Gasteiger partial charge in [0.2, 0.25) is 0 Å². The van der Waals surface area contributed by atoms with Crippen molar-refractivity contribution >= 4 is 16.9 Å². The van der Waals surface area contributed by atoms with Crippen LogP contribution in [0.5, 0.6) is 0 Å². The normalized spacial score (nSPS) is 12.6. The molecule has 23 heavy (non-hydrogen) atoms. The summed E-state index contributed by atoms with van der Waals surface area (Å²) >= 11 is 0. The SMILES string of the molecule is CCCCCCCCN[C@@H](Cc1c[nH]c2ccccc12)C(=O)O. The molecule has 3 N–H and O–H groups in total. The molecule has 0 spiro atoms. The summed E-state index contributed by atoms with van der Waals surface area (Å²) in [7, 11) is 0. The first kappa shape index (κ1) is 17.5. The number of rotatable bonds is 11. The van der Waals surface area contributed by atoms with Gasteiger partial charge in [0.25, 0.3) is 0 Å². The van der Waals surface area contributed by atoms with E-state index in [1.807, 2.05) is 30.5 Å². The summed E-state index contributed by atoms with van der Waals surface area (Å²) in [6.45, 7) is 2.98. The Morgan fingerprint density at radius 1 is 1.17 bits per heavy atom. The Hall–Kier alpha value is -1.81. The van der Waals surface area contributed by atoms with Crippen molar-refractivity contribution < 1.29 is 9.90 Å². The van der Waals surface area contributed by atoms with Crippen molar-refractivity contribution in [3.8, 4) is 0 Å². The minimum Gasteiger partial charge on any atom is -0.480 e. The fourth-order valence-corrected chi connectivity index (χ4v) is 2.95. The molecule has 0 fully saturated rings. The first-order chi connectivity index (χ1) is 11.2. The second-order valence-corrected chi connectivity index (χ2v) is 6.18. The van der Waals surface area contributed by atoms with E-state index in [9.17, 15) is 9.90 Å². The lowest BCUT2D eigenvalue weighted by Crippen LogP contribution is -2.39. The van der Waals surface area contributed by atoms with E-state index in [2.05, 4.69) is 17.2 Å². The highest BCUT2D eigenvalue weighted by Crippen LogP contribution is 2.19. The van der Waals surface area contributed by atoms with Crippen molar-refractivity contribution in [1.29, 1.82) is 0 Å². The Morgan fingerprint density at radius 2 is 1.91 bits per heavy atom. The molecule has 2 aromatic rings. The van der Waals surface area contributed by atoms with E-state index in [1.165, 1.54) is 32.1 Å². The molecule has 0 aliphatic carbocycles. The molecule has 1 atom stereocenters. The average molecular weight is 316 g/mol. The van der Waals surface area contributed by atoms with E-state index in [0.717, 1.165) is 29.4 Å². The minimum absolute atomic E-state index is 0.509. The summed E-state index contributed by atoms with van der Waals surface area (Å²) in [6.07, 6.45) is 9.73. The molecular formula is C19H28N2O2. The van der Waals surface area contributed by atoms with Gasteiger partial charge >= 0.3 is 5.97 Å². The molecule has 0 amide bonds. The number of hydrogen-bond acceptors (Lipinski definition) is 2. The average Bonchev–Trinajstić information content (AvgIpc) is 2.96. The standard InChI is InChI=1S/C19H28N2O2/c1-2-3-4-5-6-9-12-20-18(19(22)23)13-15-14-21-17-11-8-7-10-16(15)17/h7-8,10-11,14,18,20-21H,2-6,9,12-13H2,1H3,(H,22,23)/t18-/m0/s1. The van der Waals surface area contributed by atoms with Crippen LogP contribution >= 0.6 is 0 Å². The van der Waals surface area contributed by atoms with Gasteiger partial charge in [-0.1, -0.05) is 57.2 Å². The van der Waals surface area contributed by atoms with Crippen LogP contribution in [-0.2, 0) is 11.2 Å². The van der Waals surface area contributed by atoms with Crippen molar-refractivity contribution in [3.05, 3.63) is 36.0 Å². The molecule has 0 saturated heterocycles. The number of aliphatic carboxylic acids is 1. The summed E-state index contributed by atoms with van der Waals surface area (Å²) in [4.78, 5) is 14.7. The highest BCUT2D eigenvalue weighted by Gasteiger charge is 2.18. The van der Waals surface area contributed by atoms with Gasteiger partial charge in [0, 0.05) is 23.5 Å². The van der Waals surface area contributed by atoms with Gasteiger partial charge in [-0.3, -0.25) is 4.79 Å². The third-order valence-corrected chi connectivity index (χ3v) is 4.32. The number of H-pyrrole nitrogens is 1. The molecule has 4 nitrogen and oxygen atoms in total. The van der Waals surface area contributed by atoms with Crippen LogP contribution < -0.4 is 5.32 Å². The Morgan fingerprint density at radius 3 is 2.70 bits per heavy atom.